The van der Waals surface area contributed by atoms with Gasteiger partial charge in [0.1, 0.15) is 6.04 Å². The Hall–Kier alpha value is -1.88. The predicted molar refractivity (Wildman–Crippen MR) is 77.5 cm³/mol. The van der Waals surface area contributed by atoms with Crippen LogP contribution >= 0.6 is 0 Å². The number of nitrogens with one attached hydrogen (secondary N) is 2. The van der Waals surface area contributed by atoms with E-state index >= 15 is 0 Å². The molecule has 0 aliphatic carbocycles. The Labute approximate surface area is 119 Å². The zero-order valence-corrected chi connectivity index (χ0v) is 12.1. The summed E-state index contributed by atoms with van der Waals surface area (Å²) in [6.45, 7) is 3.41. The van der Waals surface area contributed by atoms with E-state index in [0.717, 1.165) is 5.56 Å². The van der Waals surface area contributed by atoms with Crippen molar-refractivity contribution in [3.05, 3.63) is 35.9 Å². The Bertz CT molecular complexity index is 457. The molecule has 1 atom stereocenters. The normalized spacial score (nSPS) is 12.8. The first-order valence-corrected chi connectivity index (χ1v) is 6.63. The highest BCUT2D eigenvalue weighted by Gasteiger charge is 2.29. The van der Waals surface area contributed by atoms with E-state index < -0.39 is 17.6 Å². The molecule has 0 spiro atoms. The molecular formula is C15H22N2O3. The van der Waals surface area contributed by atoms with E-state index in [-0.39, 0.29) is 5.91 Å². The van der Waals surface area contributed by atoms with Gasteiger partial charge in [0.2, 0.25) is 5.91 Å². The number of likely N-dealkylation sites (N-methyl/N-ethyl adjacent to an activating group) is 1. The van der Waals surface area contributed by atoms with Crippen molar-refractivity contribution in [2.45, 2.75) is 38.3 Å². The quantitative estimate of drug-likeness (QED) is 0.700. The standard InChI is InChI=1S/C15H22N2O3/c1-15(2,16-3)14(20)17-12(13(18)19)10-9-11-7-5-4-6-8-11/h4-8,12,16H,9-10H2,1-3H3,(H,17,20)(H,18,19). The van der Waals surface area contributed by atoms with Crippen LogP contribution in [0.1, 0.15) is 25.8 Å². The molecule has 0 radical (unpaired) electrons. The van der Waals surface area contributed by atoms with Crippen molar-refractivity contribution in [2.75, 3.05) is 7.05 Å². The van der Waals surface area contributed by atoms with Gasteiger partial charge < -0.3 is 15.7 Å². The summed E-state index contributed by atoms with van der Waals surface area (Å²) in [5.41, 5.74) is 0.265. The number of carboxylic acid groups (broad SMARTS) is 1. The summed E-state index contributed by atoms with van der Waals surface area (Å²) in [6, 6.07) is 8.74. The molecule has 0 aliphatic heterocycles. The summed E-state index contributed by atoms with van der Waals surface area (Å²) in [5.74, 6) is -1.33. The van der Waals surface area contributed by atoms with Crippen LogP contribution in [0.15, 0.2) is 30.3 Å². The molecule has 0 bridgehead atoms. The summed E-state index contributed by atoms with van der Waals surface area (Å²) in [6.07, 6.45) is 0.975. The fourth-order valence-corrected chi connectivity index (χ4v) is 1.67. The van der Waals surface area contributed by atoms with Gasteiger partial charge in [-0.25, -0.2) is 4.79 Å². The highest BCUT2D eigenvalue weighted by molar-refractivity contribution is 5.89. The smallest absolute Gasteiger partial charge is 0.326 e. The second kappa shape index (κ2) is 7.05. The van der Waals surface area contributed by atoms with Gasteiger partial charge >= 0.3 is 5.97 Å². The second-order valence-electron chi connectivity index (χ2n) is 5.26. The molecule has 110 valence electrons. The van der Waals surface area contributed by atoms with Crippen LogP contribution in [0.3, 0.4) is 0 Å². The maximum absolute atomic E-state index is 12.0. The first-order valence-electron chi connectivity index (χ1n) is 6.63. The third kappa shape index (κ3) is 4.66. The lowest BCUT2D eigenvalue weighted by atomic mass is 10.0. The highest BCUT2D eigenvalue weighted by Crippen LogP contribution is 2.07. The highest BCUT2D eigenvalue weighted by atomic mass is 16.4. The zero-order chi connectivity index (χ0) is 15.2. The number of aliphatic carboxylic acids is 1. The SMILES string of the molecule is CNC(C)(C)C(=O)NC(CCc1ccccc1)C(=O)O. The fraction of sp³-hybridized carbons (Fsp3) is 0.467. The van der Waals surface area contributed by atoms with Crippen molar-refractivity contribution in [3.8, 4) is 0 Å². The summed E-state index contributed by atoms with van der Waals surface area (Å²) >= 11 is 0. The number of hydrogen-bond acceptors (Lipinski definition) is 3. The molecule has 3 N–H and O–H groups in total. The van der Waals surface area contributed by atoms with Crippen LogP contribution in [0.25, 0.3) is 0 Å². The Kier molecular flexibility index (Phi) is 5.70. The van der Waals surface area contributed by atoms with Crippen LogP contribution in [0, 0.1) is 0 Å². The van der Waals surface area contributed by atoms with Crippen molar-refractivity contribution in [2.24, 2.45) is 0 Å². The maximum atomic E-state index is 12.0. The van der Waals surface area contributed by atoms with Gasteiger partial charge in [-0.1, -0.05) is 30.3 Å². The lowest BCUT2D eigenvalue weighted by Gasteiger charge is -2.25. The van der Waals surface area contributed by atoms with Gasteiger partial charge in [-0.3, -0.25) is 4.79 Å². The largest absolute Gasteiger partial charge is 0.480 e. The summed E-state index contributed by atoms with van der Waals surface area (Å²) < 4.78 is 0. The third-order valence-corrected chi connectivity index (χ3v) is 3.36. The van der Waals surface area contributed by atoms with E-state index in [1.807, 2.05) is 30.3 Å². The number of aryl methyl sites for hydroxylation is 1. The number of carbonyl (C=O) groups is 2. The number of amides is 1. The van der Waals surface area contributed by atoms with Crippen molar-refractivity contribution in [3.63, 3.8) is 0 Å². The zero-order valence-electron chi connectivity index (χ0n) is 12.1. The van der Waals surface area contributed by atoms with Crippen molar-refractivity contribution in [1.29, 1.82) is 0 Å². The van der Waals surface area contributed by atoms with E-state index in [1.54, 1.807) is 20.9 Å². The molecule has 1 rings (SSSR count). The molecule has 0 saturated carbocycles. The van der Waals surface area contributed by atoms with Gasteiger partial charge in [0.05, 0.1) is 5.54 Å². The summed E-state index contributed by atoms with van der Waals surface area (Å²) in [7, 11) is 1.67. The molecule has 5 heteroatoms. The molecule has 1 aromatic rings. The fourth-order valence-electron chi connectivity index (χ4n) is 1.67. The lowest BCUT2D eigenvalue weighted by molar-refractivity contribution is -0.142. The van der Waals surface area contributed by atoms with Gasteiger partial charge in [0.25, 0.3) is 0 Å². The summed E-state index contributed by atoms with van der Waals surface area (Å²) in [4.78, 5) is 23.2. The third-order valence-electron chi connectivity index (χ3n) is 3.36. The molecule has 5 nitrogen and oxygen atoms in total. The van der Waals surface area contributed by atoms with Gasteiger partial charge in [-0.15, -0.1) is 0 Å². The van der Waals surface area contributed by atoms with Crippen LogP contribution in [-0.4, -0.2) is 35.6 Å². The van der Waals surface area contributed by atoms with Crippen molar-refractivity contribution in [1.82, 2.24) is 10.6 Å². The molecule has 1 amide bonds. The number of carbonyl (C=O) groups excluding carboxylic acids is 1. The number of hydrogen-bond donors (Lipinski definition) is 3. The molecule has 0 aromatic heterocycles. The van der Waals surface area contributed by atoms with Crippen LogP contribution in [0.4, 0.5) is 0 Å². The van der Waals surface area contributed by atoms with Crippen LogP contribution in [0.5, 0.6) is 0 Å². The molecule has 0 saturated heterocycles. The Balaban J connectivity index is 2.62. The number of carboxylic acids is 1. The second-order valence-corrected chi connectivity index (χ2v) is 5.26. The maximum Gasteiger partial charge on any atom is 0.326 e. The average molecular weight is 278 g/mol. The number of benzene rings is 1. The van der Waals surface area contributed by atoms with E-state index in [2.05, 4.69) is 10.6 Å². The van der Waals surface area contributed by atoms with E-state index in [9.17, 15) is 14.7 Å². The Morgan fingerprint density at radius 2 is 1.85 bits per heavy atom. The average Bonchev–Trinajstić information content (AvgIpc) is 2.43. The van der Waals surface area contributed by atoms with Crippen LogP contribution in [-0.2, 0) is 16.0 Å². The van der Waals surface area contributed by atoms with Crippen LogP contribution < -0.4 is 10.6 Å². The van der Waals surface area contributed by atoms with Crippen molar-refractivity contribution < 1.29 is 14.7 Å². The molecule has 0 aliphatic rings. The van der Waals surface area contributed by atoms with Crippen molar-refractivity contribution >= 4 is 11.9 Å². The van der Waals surface area contributed by atoms with Gasteiger partial charge in [0.15, 0.2) is 0 Å². The molecule has 1 unspecified atom stereocenters. The van der Waals surface area contributed by atoms with E-state index in [0.29, 0.717) is 12.8 Å². The molecule has 0 heterocycles. The first-order chi connectivity index (χ1) is 9.36. The van der Waals surface area contributed by atoms with E-state index in [1.165, 1.54) is 0 Å². The van der Waals surface area contributed by atoms with Gasteiger partial charge in [0, 0.05) is 0 Å². The molecule has 20 heavy (non-hydrogen) atoms. The number of rotatable bonds is 7. The van der Waals surface area contributed by atoms with Gasteiger partial charge in [-0.05, 0) is 39.3 Å². The molecular weight excluding hydrogens is 256 g/mol. The first kappa shape index (κ1) is 16.2. The monoisotopic (exact) mass is 278 g/mol. The Morgan fingerprint density at radius 3 is 2.35 bits per heavy atom. The lowest BCUT2D eigenvalue weighted by Crippen LogP contribution is -2.55. The van der Waals surface area contributed by atoms with E-state index in [4.69, 9.17) is 0 Å². The minimum atomic E-state index is -1.01. The molecule has 0 fully saturated rings. The topological polar surface area (TPSA) is 78.4 Å². The molecule has 1 aromatic carbocycles. The van der Waals surface area contributed by atoms with Gasteiger partial charge in [-0.2, -0.15) is 0 Å². The Morgan fingerprint density at radius 1 is 1.25 bits per heavy atom. The minimum Gasteiger partial charge on any atom is -0.480 e. The predicted octanol–water partition coefficient (Wildman–Crippen LogP) is 1.19. The minimum absolute atomic E-state index is 0.319. The summed E-state index contributed by atoms with van der Waals surface area (Å²) in [5, 5.41) is 14.6. The van der Waals surface area contributed by atoms with Crippen LogP contribution in [0.2, 0.25) is 0 Å².